The molecule has 0 saturated carbocycles. The average Bonchev–Trinajstić information content (AvgIpc) is 2.72. The summed E-state index contributed by atoms with van der Waals surface area (Å²) in [5.41, 5.74) is 1.32. The molecule has 1 saturated heterocycles. The van der Waals surface area contributed by atoms with Crippen molar-refractivity contribution in [2.24, 2.45) is 0 Å². The van der Waals surface area contributed by atoms with Gasteiger partial charge in [0.15, 0.2) is 6.61 Å². The number of nitrogens with zero attached hydrogens (tertiary/aromatic N) is 1. The van der Waals surface area contributed by atoms with Crippen molar-refractivity contribution in [3.05, 3.63) is 29.8 Å². The maximum atomic E-state index is 11.4. The molecule has 1 heterocycles. The fourth-order valence-corrected chi connectivity index (χ4v) is 3.28. The predicted octanol–water partition coefficient (Wildman–Crippen LogP) is 2.10. The lowest BCUT2D eigenvalue weighted by Gasteiger charge is -2.26. The lowest BCUT2D eigenvalue weighted by atomic mass is 10.1. The van der Waals surface area contributed by atoms with E-state index in [9.17, 15) is 9.59 Å². The minimum Gasteiger partial charge on any atom is -0.494 e. The highest BCUT2D eigenvalue weighted by atomic mass is 16.5. The fourth-order valence-electron chi connectivity index (χ4n) is 3.28. The van der Waals surface area contributed by atoms with Crippen LogP contribution in [0, 0.1) is 0 Å². The molecule has 7 heteroatoms. The molecular formula is C22H35N3O4. The Hall–Kier alpha value is -2.12. The van der Waals surface area contributed by atoms with E-state index < -0.39 is 5.97 Å². The van der Waals surface area contributed by atoms with Gasteiger partial charge in [0.05, 0.1) is 6.61 Å². The zero-order valence-corrected chi connectivity index (χ0v) is 17.6. The fraction of sp³-hybridized carbons (Fsp3) is 0.636. The molecule has 0 unspecified atom stereocenters. The minimum atomic E-state index is -0.447. The third-order valence-corrected chi connectivity index (χ3v) is 4.78. The summed E-state index contributed by atoms with van der Waals surface area (Å²) in [6.45, 7) is 7.42. The molecule has 1 aliphatic heterocycles. The third kappa shape index (κ3) is 10.9. The molecule has 0 spiro atoms. The van der Waals surface area contributed by atoms with Gasteiger partial charge in [-0.05, 0) is 69.6 Å². The molecule has 1 aliphatic rings. The molecule has 2 N–H and O–H groups in total. The zero-order chi connectivity index (χ0) is 20.7. The molecule has 0 aliphatic carbocycles. The molecule has 1 aromatic rings. The number of hydrogen-bond donors (Lipinski definition) is 2. The van der Waals surface area contributed by atoms with E-state index in [1.54, 1.807) is 0 Å². The molecule has 29 heavy (non-hydrogen) atoms. The van der Waals surface area contributed by atoms with Crippen molar-refractivity contribution in [2.75, 3.05) is 45.9 Å². The van der Waals surface area contributed by atoms with E-state index >= 15 is 0 Å². The van der Waals surface area contributed by atoms with E-state index in [4.69, 9.17) is 4.74 Å². The van der Waals surface area contributed by atoms with Crippen molar-refractivity contribution in [1.29, 1.82) is 0 Å². The van der Waals surface area contributed by atoms with Crippen molar-refractivity contribution in [3.8, 4) is 5.75 Å². The smallest absolute Gasteiger partial charge is 0.303 e. The second kappa shape index (κ2) is 14.0. The van der Waals surface area contributed by atoms with Gasteiger partial charge in [-0.2, -0.15) is 0 Å². The Morgan fingerprint density at radius 1 is 1.07 bits per heavy atom. The number of nitrogens with one attached hydrogen (secondary N) is 2. The number of ether oxygens (including phenoxy) is 2. The van der Waals surface area contributed by atoms with Crippen LogP contribution in [0.2, 0.25) is 0 Å². The Kier molecular flexibility index (Phi) is 11.1. The lowest BCUT2D eigenvalue weighted by Crippen LogP contribution is -2.31. The largest absolute Gasteiger partial charge is 0.494 e. The van der Waals surface area contributed by atoms with Crippen molar-refractivity contribution in [3.63, 3.8) is 0 Å². The molecule has 1 aromatic carbocycles. The van der Waals surface area contributed by atoms with Crippen molar-refractivity contribution >= 4 is 11.9 Å². The van der Waals surface area contributed by atoms with Crippen LogP contribution in [-0.4, -0.2) is 62.7 Å². The van der Waals surface area contributed by atoms with E-state index in [1.807, 2.05) is 6.07 Å². The molecule has 0 aromatic heterocycles. The summed E-state index contributed by atoms with van der Waals surface area (Å²) >= 11 is 0. The maximum absolute atomic E-state index is 11.4. The normalized spacial score (nSPS) is 14.4. The number of hydrogen-bond acceptors (Lipinski definition) is 6. The molecule has 0 bridgehead atoms. The van der Waals surface area contributed by atoms with Crippen molar-refractivity contribution < 1.29 is 19.1 Å². The van der Waals surface area contributed by atoms with Crippen LogP contribution < -0.4 is 15.4 Å². The van der Waals surface area contributed by atoms with Gasteiger partial charge in [0.2, 0.25) is 0 Å². The van der Waals surface area contributed by atoms with Gasteiger partial charge in [0.1, 0.15) is 5.75 Å². The summed E-state index contributed by atoms with van der Waals surface area (Å²) in [7, 11) is 0. The first-order chi connectivity index (χ1) is 14.1. The first-order valence-electron chi connectivity index (χ1n) is 10.7. The summed E-state index contributed by atoms with van der Waals surface area (Å²) in [6.07, 6.45) is 5.73. The van der Waals surface area contributed by atoms with Crippen LogP contribution in [-0.2, 0) is 20.9 Å². The van der Waals surface area contributed by atoms with Gasteiger partial charge < -0.3 is 20.1 Å². The highest BCUT2D eigenvalue weighted by Gasteiger charge is 2.10. The van der Waals surface area contributed by atoms with E-state index in [1.165, 1.54) is 44.8 Å². The number of benzene rings is 1. The van der Waals surface area contributed by atoms with Gasteiger partial charge in [-0.15, -0.1) is 0 Å². The Balaban J connectivity index is 1.47. The second-order valence-electron chi connectivity index (χ2n) is 7.42. The third-order valence-electron chi connectivity index (χ3n) is 4.78. The van der Waals surface area contributed by atoms with E-state index in [-0.39, 0.29) is 12.5 Å². The SMILES string of the molecule is CC(=O)OCC(=O)NCCCNCCCOc1cccc(CN2CCCCC2)c1. The summed E-state index contributed by atoms with van der Waals surface area (Å²) in [5, 5.41) is 6.05. The van der Waals surface area contributed by atoms with Crippen LogP contribution in [0.3, 0.4) is 0 Å². The van der Waals surface area contributed by atoms with Crippen LogP contribution >= 0.6 is 0 Å². The predicted molar refractivity (Wildman–Crippen MR) is 113 cm³/mol. The summed E-state index contributed by atoms with van der Waals surface area (Å²) < 4.78 is 10.5. The summed E-state index contributed by atoms with van der Waals surface area (Å²) in [4.78, 5) is 24.5. The number of likely N-dealkylation sites (tertiary alicyclic amines) is 1. The van der Waals surface area contributed by atoms with Gasteiger partial charge >= 0.3 is 5.97 Å². The minimum absolute atomic E-state index is 0.209. The molecule has 1 fully saturated rings. The van der Waals surface area contributed by atoms with Crippen LogP contribution in [0.5, 0.6) is 5.75 Å². The van der Waals surface area contributed by atoms with E-state index in [0.717, 1.165) is 38.2 Å². The molecule has 162 valence electrons. The quantitative estimate of drug-likeness (QED) is 0.386. The van der Waals surface area contributed by atoms with Crippen molar-refractivity contribution in [2.45, 2.75) is 45.6 Å². The van der Waals surface area contributed by atoms with Crippen LogP contribution in [0.4, 0.5) is 0 Å². The molecule has 0 atom stereocenters. The monoisotopic (exact) mass is 405 g/mol. The molecule has 2 rings (SSSR count). The van der Waals surface area contributed by atoms with Gasteiger partial charge in [-0.25, -0.2) is 0 Å². The molecule has 1 amide bonds. The second-order valence-corrected chi connectivity index (χ2v) is 7.42. The van der Waals surface area contributed by atoms with Crippen LogP contribution in [0.1, 0.15) is 44.6 Å². The number of rotatable bonds is 13. The highest BCUT2D eigenvalue weighted by Crippen LogP contribution is 2.17. The highest BCUT2D eigenvalue weighted by molar-refractivity contribution is 5.79. The van der Waals surface area contributed by atoms with Crippen molar-refractivity contribution in [1.82, 2.24) is 15.5 Å². The van der Waals surface area contributed by atoms with E-state index in [0.29, 0.717) is 13.2 Å². The first-order valence-corrected chi connectivity index (χ1v) is 10.7. The average molecular weight is 406 g/mol. The van der Waals surface area contributed by atoms with Gasteiger partial charge in [-0.1, -0.05) is 18.6 Å². The first kappa shape index (κ1) is 23.2. The Morgan fingerprint density at radius 3 is 2.66 bits per heavy atom. The Morgan fingerprint density at radius 2 is 1.86 bits per heavy atom. The number of esters is 1. The van der Waals surface area contributed by atoms with Gasteiger partial charge in [0, 0.05) is 20.0 Å². The Labute approximate surface area is 174 Å². The zero-order valence-electron chi connectivity index (χ0n) is 17.6. The number of amides is 1. The number of piperidine rings is 1. The van der Waals surface area contributed by atoms with Crippen LogP contribution in [0.25, 0.3) is 0 Å². The van der Waals surface area contributed by atoms with Gasteiger partial charge in [0.25, 0.3) is 5.91 Å². The summed E-state index contributed by atoms with van der Waals surface area (Å²) in [5.74, 6) is 0.226. The molecule has 0 radical (unpaired) electrons. The summed E-state index contributed by atoms with van der Waals surface area (Å²) in [6, 6.07) is 8.42. The maximum Gasteiger partial charge on any atom is 0.303 e. The Bertz CT molecular complexity index is 618. The van der Waals surface area contributed by atoms with E-state index in [2.05, 4.69) is 38.5 Å². The number of carbonyl (C=O) groups excluding carboxylic acids is 2. The number of carbonyl (C=O) groups is 2. The standard InChI is InChI=1S/C22H35N3O4/c1-19(26)29-18-22(27)24-12-6-10-23-11-7-15-28-21-9-5-8-20(16-21)17-25-13-3-2-4-14-25/h5,8-9,16,23H,2-4,6-7,10-15,17-18H2,1H3,(H,24,27). The lowest BCUT2D eigenvalue weighted by molar-refractivity contribution is -0.146. The topological polar surface area (TPSA) is 79.9 Å². The molecule has 7 nitrogen and oxygen atoms in total. The van der Waals surface area contributed by atoms with Crippen LogP contribution in [0.15, 0.2) is 24.3 Å². The van der Waals surface area contributed by atoms with Gasteiger partial charge in [-0.3, -0.25) is 14.5 Å². The molecular weight excluding hydrogens is 370 g/mol.